The van der Waals surface area contributed by atoms with Crippen molar-refractivity contribution in [1.82, 2.24) is 0 Å². The van der Waals surface area contributed by atoms with Gasteiger partial charge in [0.05, 0.1) is 0 Å². The fourth-order valence-electron chi connectivity index (χ4n) is 0.757. The summed E-state index contributed by atoms with van der Waals surface area (Å²) in [5.41, 5.74) is 0.991. The fourth-order valence-corrected chi connectivity index (χ4v) is 2.23. The van der Waals surface area contributed by atoms with Crippen molar-refractivity contribution in [3.05, 3.63) is 35.6 Å². The lowest BCUT2D eigenvalue weighted by Gasteiger charge is -1.97. The van der Waals surface area contributed by atoms with E-state index in [2.05, 4.69) is 0 Å². The molecule has 0 saturated heterocycles. The molecule has 1 rings (SSSR count). The highest BCUT2D eigenvalue weighted by Crippen LogP contribution is 2.08. The van der Waals surface area contributed by atoms with E-state index in [-0.39, 0.29) is 5.82 Å². The van der Waals surface area contributed by atoms with Gasteiger partial charge in [-0.15, -0.1) is 22.2 Å². The summed E-state index contributed by atoms with van der Waals surface area (Å²) in [7, 11) is -1.28. The number of rotatable bonds is 2. The van der Waals surface area contributed by atoms with Gasteiger partial charge in [0.2, 0.25) is 0 Å². The van der Waals surface area contributed by atoms with Crippen LogP contribution >= 0.6 is 22.2 Å². The molecule has 4 heteroatoms. The Labute approximate surface area is 76.0 Å². The van der Waals surface area contributed by atoms with E-state index in [0.29, 0.717) is 6.04 Å². The van der Waals surface area contributed by atoms with E-state index in [1.807, 2.05) is 0 Å². The van der Waals surface area contributed by atoms with Crippen molar-refractivity contribution in [3.8, 4) is 0 Å². The molecule has 0 aliphatic carbocycles. The van der Waals surface area contributed by atoms with Crippen LogP contribution in [-0.2, 0) is 6.04 Å². The third-order valence-electron chi connectivity index (χ3n) is 1.25. The van der Waals surface area contributed by atoms with Crippen LogP contribution in [0.4, 0.5) is 4.39 Å². The lowest BCUT2D eigenvalue weighted by molar-refractivity contribution is 0.627. The second-order valence-corrected chi connectivity index (χ2v) is 6.49. The lowest BCUT2D eigenvalue weighted by atomic mass is 10.2. The van der Waals surface area contributed by atoms with Crippen LogP contribution in [0.3, 0.4) is 0 Å². The molecule has 0 aliphatic rings. The Bertz CT molecular complexity index is 222. The highest BCUT2D eigenvalue weighted by Gasteiger charge is 2.04. The van der Waals surface area contributed by atoms with Crippen molar-refractivity contribution < 1.29 is 4.39 Å². The normalized spacial score (nSPS) is 10.5. The average molecular weight is 208 g/mol. The van der Waals surface area contributed by atoms with E-state index in [9.17, 15) is 4.39 Å². The standard InChI is InChI=1S/C7H6Cl2FSi/c8-11(9)5-6-1-3-7(10)4-2-6/h1-4H,5H2. The number of halogens is 3. The van der Waals surface area contributed by atoms with Gasteiger partial charge >= 0.3 is 0 Å². The molecule has 59 valence electrons. The maximum absolute atomic E-state index is 12.4. The first kappa shape index (κ1) is 9.04. The van der Waals surface area contributed by atoms with Gasteiger partial charge in [0.15, 0.2) is 0 Å². The predicted octanol–water partition coefficient (Wildman–Crippen LogP) is 2.87. The number of hydrogen-bond acceptors (Lipinski definition) is 0. The van der Waals surface area contributed by atoms with Crippen LogP contribution in [-0.4, -0.2) is 7.42 Å². The summed E-state index contributed by atoms with van der Waals surface area (Å²) in [6.07, 6.45) is 0. The molecule has 1 aromatic carbocycles. The summed E-state index contributed by atoms with van der Waals surface area (Å²) < 4.78 is 12.4. The Kier molecular flexibility index (Phi) is 3.36. The van der Waals surface area contributed by atoms with Crippen LogP contribution in [0, 0.1) is 5.82 Å². The van der Waals surface area contributed by atoms with Gasteiger partial charge < -0.3 is 0 Å². The zero-order chi connectivity index (χ0) is 8.27. The first-order chi connectivity index (χ1) is 5.18. The Balaban J connectivity index is 2.66. The zero-order valence-electron chi connectivity index (χ0n) is 5.65. The molecule has 11 heavy (non-hydrogen) atoms. The molecule has 0 bridgehead atoms. The zero-order valence-corrected chi connectivity index (χ0v) is 8.16. The fraction of sp³-hybridized carbons (Fsp3) is 0.143. The molecule has 0 fully saturated rings. The van der Waals surface area contributed by atoms with Gasteiger partial charge in [-0.2, -0.15) is 0 Å². The SMILES string of the molecule is Fc1ccc(C[Si](Cl)Cl)cc1. The molecule has 0 aliphatic heterocycles. The molecule has 0 atom stereocenters. The van der Waals surface area contributed by atoms with Crippen LogP contribution in [0.5, 0.6) is 0 Å². The molecule has 0 saturated carbocycles. The number of hydrogen-bond donors (Lipinski definition) is 0. The minimum atomic E-state index is -1.28. The minimum absolute atomic E-state index is 0.230. The molecule has 0 aromatic heterocycles. The van der Waals surface area contributed by atoms with Crippen molar-refractivity contribution in [2.24, 2.45) is 0 Å². The first-order valence-electron chi connectivity index (χ1n) is 3.10. The largest absolute Gasteiger partial charge is 0.278 e. The van der Waals surface area contributed by atoms with Crippen LogP contribution in [0.25, 0.3) is 0 Å². The monoisotopic (exact) mass is 207 g/mol. The quantitative estimate of drug-likeness (QED) is 0.517. The van der Waals surface area contributed by atoms with Gasteiger partial charge in [-0.25, -0.2) is 4.39 Å². The van der Waals surface area contributed by atoms with Gasteiger partial charge in [0.25, 0.3) is 7.42 Å². The molecule has 1 aromatic rings. The topological polar surface area (TPSA) is 0 Å². The molecular weight excluding hydrogens is 202 g/mol. The van der Waals surface area contributed by atoms with Crippen LogP contribution in [0.15, 0.2) is 24.3 Å². The summed E-state index contributed by atoms with van der Waals surface area (Å²) >= 11 is 11.3. The van der Waals surface area contributed by atoms with Gasteiger partial charge in [-0.3, -0.25) is 0 Å². The van der Waals surface area contributed by atoms with E-state index in [4.69, 9.17) is 22.2 Å². The van der Waals surface area contributed by atoms with E-state index in [0.717, 1.165) is 5.56 Å². The summed E-state index contributed by atoms with van der Waals surface area (Å²) in [6, 6.07) is 6.88. The Morgan fingerprint density at radius 2 is 1.73 bits per heavy atom. The molecular formula is C7H6Cl2FSi. The van der Waals surface area contributed by atoms with Crippen molar-refractivity contribution in [3.63, 3.8) is 0 Å². The van der Waals surface area contributed by atoms with E-state index < -0.39 is 7.42 Å². The van der Waals surface area contributed by atoms with Crippen LogP contribution in [0.1, 0.15) is 5.56 Å². The Morgan fingerprint density at radius 1 is 1.18 bits per heavy atom. The summed E-state index contributed by atoms with van der Waals surface area (Å²) in [5, 5.41) is 0. The van der Waals surface area contributed by atoms with Gasteiger partial charge in [0, 0.05) is 0 Å². The van der Waals surface area contributed by atoms with Crippen molar-refractivity contribution in [1.29, 1.82) is 0 Å². The van der Waals surface area contributed by atoms with Crippen LogP contribution < -0.4 is 0 Å². The van der Waals surface area contributed by atoms with E-state index in [1.165, 1.54) is 12.1 Å². The summed E-state index contributed by atoms with van der Waals surface area (Å²) in [6.45, 7) is 0. The van der Waals surface area contributed by atoms with Gasteiger partial charge in [-0.1, -0.05) is 12.1 Å². The van der Waals surface area contributed by atoms with E-state index >= 15 is 0 Å². The van der Waals surface area contributed by atoms with E-state index in [1.54, 1.807) is 12.1 Å². The van der Waals surface area contributed by atoms with Crippen LogP contribution in [0.2, 0.25) is 0 Å². The summed E-state index contributed by atoms with van der Waals surface area (Å²) in [4.78, 5) is 0. The molecule has 0 heterocycles. The third-order valence-corrected chi connectivity index (χ3v) is 2.73. The van der Waals surface area contributed by atoms with Crippen molar-refractivity contribution >= 4 is 29.6 Å². The van der Waals surface area contributed by atoms with Gasteiger partial charge in [-0.05, 0) is 23.7 Å². The van der Waals surface area contributed by atoms with Crippen molar-refractivity contribution in [2.75, 3.05) is 0 Å². The molecule has 0 spiro atoms. The molecule has 0 nitrogen and oxygen atoms in total. The first-order valence-corrected chi connectivity index (χ1v) is 6.83. The second-order valence-electron chi connectivity index (χ2n) is 2.14. The van der Waals surface area contributed by atoms with Gasteiger partial charge in [0.1, 0.15) is 5.82 Å². The predicted molar refractivity (Wildman–Crippen MR) is 47.6 cm³/mol. The highest BCUT2D eigenvalue weighted by molar-refractivity contribution is 7.33. The Hall–Kier alpha value is -0.0531. The maximum atomic E-state index is 12.4. The lowest BCUT2D eigenvalue weighted by Crippen LogP contribution is -1.98. The molecule has 0 unspecified atom stereocenters. The maximum Gasteiger partial charge on any atom is 0.278 e. The summed E-state index contributed by atoms with van der Waals surface area (Å²) in [5.74, 6) is -0.230. The molecule has 0 N–H and O–H groups in total. The smallest absolute Gasteiger partial charge is 0.207 e. The average Bonchev–Trinajstić information content (AvgIpc) is 1.93. The van der Waals surface area contributed by atoms with Crippen molar-refractivity contribution in [2.45, 2.75) is 6.04 Å². The highest BCUT2D eigenvalue weighted by atomic mass is 35.7. The Morgan fingerprint density at radius 3 is 2.18 bits per heavy atom. The number of benzene rings is 1. The second kappa shape index (κ2) is 4.09. The third kappa shape index (κ3) is 3.23. The molecule has 0 amide bonds. The molecule has 1 radical (unpaired) electrons. The minimum Gasteiger partial charge on any atom is -0.207 e.